The van der Waals surface area contributed by atoms with E-state index < -0.39 is 5.97 Å². The van der Waals surface area contributed by atoms with Gasteiger partial charge in [-0.15, -0.1) is 11.3 Å². The Kier molecular flexibility index (Phi) is 4.03. The minimum absolute atomic E-state index is 0.275. The molecule has 0 unspecified atom stereocenters. The van der Waals surface area contributed by atoms with Crippen LogP contribution in [0.25, 0.3) is 10.6 Å². The fourth-order valence-corrected chi connectivity index (χ4v) is 3.24. The van der Waals surface area contributed by atoms with E-state index >= 15 is 0 Å². The minimum Gasteiger partial charge on any atom is -0.480 e. The highest BCUT2D eigenvalue weighted by atomic mass is 32.1. The third kappa shape index (κ3) is 3.49. The van der Waals surface area contributed by atoms with Crippen molar-refractivity contribution in [2.24, 2.45) is 0 Å². The summed E-state index contributed by atoms with van der Waals surface area (Å²) in [5.41, 5.74) is 3.43. The number of hydrogen-bond acceptors (Lipinski definition) is 4. The van der Waals surface area contributed by atoms with Crippen molar-refractivity contribution in [3.63, 3.8) is 0 Å². The molecule has 110 valence electrons. The zero-order chi connectivity index (χ0) is 14.8. The van der Waals surface area contributed by atoms with E-state index in [1.807, 2.05) is 6.92 Å². The molecule has 1 saturated carbocycles. The topological polar surface area (TPSA) is 59.4 Å². The lowest BCUT2D eigenvalue weighted by Gasteiger charge is -2.00. The molecule has 2 aromatic rings. The molecule has 0 amide bonds. The Bertz CT molecular complexity index is 644. The maximum atomic E-state index is 10.5. The van der Waals surface area contributed by atoms with E-state index in [9.17, 15) is 4.79 Å². The van der Waals surface area contributed by atoms with E-state index in [2.05, 4.69) is 29.2 Å². The molecule has 1 heterocycles. The third-order valence-electron chi connectivity index (χ3n) is 3.56. The summed E-state index contributed by atoms with van der Waals surface area (Å²) in [6.45, 7) is 1.96. The normalized spacial score (nSPS) is 14.3. The molecule has 0 aliphatic heterocycles. The lowest BCUT2D eigenvalue weighted by atomic mass is 10.1. The summed E-state index contributed by atoms with van der Waals surface area (Å²) >= 11 is 1.57. The number of hydrogen-bond donors (Lipinski definition) is 1. The van der Waals surface area contributed by atoms with Gasteiger partial charge < -0.3 is 9.84 Å². The van der Waals surface area contributed by atoms with Gasteiger partial charge in [-0.05, 0) is 31.2 Å². The molecule has 1 aliphatic rings. The van der Waals surface area contributed by atoms with Gasteiger partial charge >= 0.3 is 5.97 Å². The number of carboxylic acid groups (broad SMARTS) is 1. The van der Waals surface area contributed by atoms with Crippen LogP contribution in [0.5, 0.6) is 0 Å². The molecule has 1 fully saturated rings. The van der Waals surface area contributed by atoms with Gasteiger partial charge in [0.05, 0.1) is 17.2 Å². The first-order valence-electron chi connectivity index (χ1n) is 6.99. The van der Waals surface area contributed by atoms with Gasteiger partial charge in [0.25, 0.3) is 0 Å². The first-order chi connectivity index (χ1) is 10.1. The highest BCUT2D eigenvalue weighted by Gasteiger charge is 2.23. The van der Waals surface area contributed by atoms with Crippen LogP contribution in [-0.4, -0.2) is 22.7 Å². The molecule has 1 aromatic heterocycles. The summed E-state index contributed by atoms with van der Waals surface area (Å²) in [5.74, 6) is -0.190. The number of ether oxygens (including phenoxy) is 1. The quantitative estimate of drug-likeness (QED) is 0.886. The number of carbonyl (C=O) groups is 1. The van der Waals surface area contributed by atoms with E-state index in [0.29, 0.717) is 6.61 Å². The van der Waals surface area contributed by atoms with E-state index in [1.165, 1.54) is 18.4 Å². The number of carboxylic acids is 1. The largest absolute Gasteiger partial charge is 0.480 e. The molecule has 1 N–H and O–H groups in total. The molecule has 0 atom stereocenters. The summed E-state index contributed by atoms with van der Waals surface area (Å²) in [6.07, 6.45) is 2.61. The van der Waals surface area contributed by atoms with Crippen molar-refractivity contribution in [1.82, 2.24) is 4.98 Å². The Hall–Kier alpha value is -1.72. The lowest BCUT2D eigenvalue weighted by molar-refractivity contribution is -0.142. The highest BCUT2D eigenvalue weighted by molar-refractivity contribution is 7.15. The zero-order valence-corrected chi connectivity index (χ0v) is 12.7. The van der Waals surface area contributed by atoms with Gasteiger partial charge in [0, 0.05) is 5.56 Å². The Morgan fingerprint density at radius 2 is 2.10 bits per heavy atom. The third-order valence-corrected chi connectivity index (χ3v) is 4.74. The van der Waals surface area contributed by atoms with Crippen LogP contribution in [0.1, 0.15) is 34.9 Å². The molecule has 3 rings (SSSR count). The number of nitrogens with zero attached hydrogens (tertiary/aromatic N) is 1. The minimum atomic E-state index is -0.951. The second-order valence-electron chi connectivity index (χ2n) is 5.31. The van der Waals surface area contributed by atoms with Crippen molar-refractivity contribution in [2.45, 2.75) is 32.3 Å². The van der Waals surface area contributed by atoms with Crippen molar-refractivity contribution in [3.8, 4) is 10.6 Å². The number of aliphatic carboxylic acids is 1. The van der Waals surface area contributed by atoms with E-state index in [0.717, 1.165) is 27.1 Å². The summed E-state index contributed by atoms with van der Waals surface area (Å²) in [5, 5.41) is 9.54. The van der Waals surface area contributed by atoms with Crippen LogP contribution < -0.4 is 0 Å². The van der Waals surface area contributed by atoms with Gasteiger partial charge in [-0.3, -0.25) is 0 Å². The molecule has 4 nitrogen and oxygen atoms in total. The van der Waals surface area contributed by atoms with Crippen molar-refractivity contribution >= 4 is 17.3 Å². The number of rotatable bonds is 6. The van der Waals surface area contributed by atoms with Crippen molar-refractivity contribution in [1.29, 1.82) is 0 Å². The van der Waals surface area contributed by atoms with Gasteiger partial charge in [0.2, 0.25) is 0 Å². The number of aryl methyl sites for hydroxylation is 1. The fourth-order valence-electron chi connectivity index (χ4n) is 2.23. The van der Waals surface area contributed by atoms with Gasteiger partial charge in [-0.2, -0.15) is 0 Å². The summed E-state index contributed by atoms with van der Waals surface area (Å²) in [7, 11) is 0. The molecule has 0 radical (unpaired) electrons. The standard InChI is InChI=1S/C16H17NO3S/c1-10-14(8-20-9-15(18)19)21-16(17-10)13-6-4-12(5-7-13)11-2-3-11/h4-7,11H,2-3,8-9H2,1H3,(H,18,19). The average Bonchev–Trinajstić information content (AvgIpc) is 3.24. The maximum Gasteiger partial charge on any atom is 0.329 e. The molecular weight excluding hydrogens is 286 g/mol. The zero-order valence-electron chi connectivity index (χ0n) is 11.8. The number of aromatic nitrogens is 1. The van der Waals surface area contributed by atoms with Gasteiger partial charge in [-0.25, -0.2) is 9.78 Å². The van der Waals surface area contributed by atoms with Crippen molar-refractivity contribution in [2.75, 3.05) is 6.61 Å². The van der Waals surface area contributed by atoms with E-state index in [1.54, 1.807) is 11.3 Å². The van der Waals surface area contributed by atoms with E-state index in [4.69, 9.17) is 9.84 Å². The first-order valence-corrected chi connectivity index (χ1v) is 7.81. The van der Waals surface area contributed by atoms with Crippen LogP contribution >= 0.6 is 11.3 Å². The average molecular weight is 303 g/mol. The number of benzene rings is 1. The molecule has 0 bridgehead atoms. The Morgan fingerprint density at radius 3 is 2.71 bits per heavy atom. The second kappa shape index (κ2) is 5.95. The van der Waals surface area contributed by atoms with Gasteiger partial charge in [0.1, 0.15) is 11.6 Å². The first kappa shape index (κ1) is 14.2. The maximum absolute atomic E-state index is 10.5. The monoisotopic (exact) mass is 303 g/mol. The Labute approximate surface area is 127 Å². The molecule has 0 saturated heterocycles. The van der Waals surface area contributed by atoms with E-state index in [-0.39, 0.29) is 6.61 Å². The van der Waals surface area contributed by atoms with Gasteiger partial charge in [0.15, 0.2) is 0 Å². The summed E-state index contributed by atoms with van der Waals surface area (Å²) < 4.78 is 5.14. The number of thiazole rings is 1. The SMILES string of the molecule is Cc1nc(-c2ccc(C3CC3)cc2)sc1COCC(=O)O. The highest BCUT2D eigenvalue weighted by Crippen LogP contribution is 2.40. The molecule has 1 aliphatic carbocycles. The smallest absolute Gasteiger partial charge is 0.329 e. The summed E-state index contributed by atoms with van der Waals surface area (Å²) in [6, 6.07) is 8.61. The molecule has 0 spiro atoms. The predicted octanol–water partition coefficient (Wildman–Crippen LogP) is 3.60. The van der Waals surface area contributed by atoms with Gasteiger partial charge in [-0.1, -0.05) is 24.3 Å². The van der Waals surface area contributed by atoms with Crippen molar-refractivity contribution in [3.05, 3.63) is 40.4 Å². The van der Waals surface area contributed by atoms with Crippen LogP contribution in [0.3, 0.4) is 0 Å². The van der Waals surface area contributed by atoms with Crippen LogP contribution in [-0.2, 0) is 16.1 Å². The van der Waals surface area contributed by atoms with Crippen LogP contribution in [0.4, 0.5) is 0 Å². The summed E-state index contributed by atoms with van der Waals surface area (Å²) in [4.78, 5) is 16.0. The van der Waals surface area contributed by atoms with Crippen LogP contribution in [0.2, 0.25) is 0 Å². The van der Waals surface area contributed by atoms with Crippen LogP contribution in [0, 0.1) is 6.92 Å². The Morgan fingerprint density at radius 1 is 1.38 bits per heavy atom. The predicted molar refractivity (Wildman–Crippen MR) is 81.6 cm³/mol. The molecular formula is C16H17NO3S. The molecule has 1 aromatic carbocycles. The fraction of sp³-hybridized carbons (Fsp3) is 0.375. The van der Waals surface area contributed by atoms with Crippen molar-refractivity contribution < 1.29 is 14.6 Å². The lowest BCUT2D eigenvalue weighted by Crippen LogP contribution is -2.06. The second-order valence-corrected chi connectivity index (χ2v) is 6.39. The Balaban J connectivity index is 1.71. The molecule has 5 heteroatoms. The molecule has 21 heavy (non-hydrogen) atoms. The van der Waals surface area contributed by atoms with Crippen LogP contribution in [0.15, 0.2) is 24.3 Å².